The molecule has 2 amide bonds. The molecule has 0 aromatic carbocycles. The lowest BCUT2D eigenvalue weighted by Crippen LogP contribution is -2.44. The molecule has 1 aromatic rings. The average Bonchev–Trinajstić information content (AvgIpc) is 2.79. The molecule has 18 heavy (non-hydrogen) atoms. The van der Waals surface area contributed by atoms with Crippen molar-refractivity contribution in [3.05, 3.63) is 18.7 Å². The molecule has 1 rings (SSSR count). The van der Waals surface area contributed by atoms with Crippen molar-refractivity contribution in [2.75, 3.05) is 13.1 Å². The van der Waals surface area contributed by atoms with Crippen LogP contribution >= 0.6 is 0 Å². The Morgan fingerprint density at radius 2 is 2.11 bits per heavy atom. The van der Waals surface area contributed by atoms with Gasteiger partial charge in [-0.2, -0.15) is 0 Å². The van der Waals surface area contributed by atoms with Gasteiger partial charge in [0, 0.05) is 32.0 Å². The van der Waals surface area contributed by atoms with Crippen molar-refractivity contribution in [3.8, 4) is 0 Å². The highest BCUT2D eigenvalue weighted by Gasteiger charge is 2.27. The second kappa shape index (κ2) is 6.04. The van der Waals surface area contributed by atoms with Crippen LogP contribution in [0, 0.1) is 5.41 Å². The summed E-state index contributed by atoms with van der Waals surface area (Å²) in [4.78, 5) is 26.1. The first-order valence-electron chi connectivity index (χ1n) is 5.62. The van der Waals surface area contributed by atoms with E-state index in [9.17, 15) is 9.59 Å². The fraction of sp³-hybridized carbons (Fsp3) is 0.545. The number of aromatic nitrogens is 2. The standard InChI is InChI=1S/C11H18N4O3/c1-11(2,9(16)17)7-14-10(18)13-4-6-15-5-3-12-8-15/h3,5,8H,4,6-7H2,1-2H3,(H,16,17)(H2,13,14,18). The number of nitrogens with zero attached hydrogens (tertiary/aromatic N) is 2. The Morgan fingerprint density at radius 1 is 1.39 bits per heavy atom. The summed E-state index contributed by atoms with van der Waals surface area (Å²) in [5.41, 5.74) is -0.971. The minimum Gasteiger partial charge on any atom is -0.481 e. The molecule has 3 N–H and O–H groups in total. The molecule has 0 saturated carbocycles. The van der Waals surface area contributed by atoms with E-state index in [1.165, 1.54) is 0 Å². The van der Waals surface area contributed by atoms with Crippen molar-refractivity contribution in [1.82, 2.24) is 20.2 Å². The van der Waals surface area contributed by atoms with E-state index in [1.54, 1.807) is 32.6 Å². The number of carboxylic acids is 1. The minimum absolute atomic E-state index is 0.0826. The molecule has 7 nitrogen and oxygen atoms in total. The number of carbonyl (C=O) groups excluding carboxylic acids is 1. The summed E-state index contributed by atoms with van der Waals surface area (Å²) in [7, 11) is 0. The van der Waals surface area contributed by atoms with Crippen LogP contribution < -0.4 is 10.6 Å². The van der Waals surface area contributed by atoms with Crippen LogP contribution in [0.4, 0.5) is 4.79 Å². The Hall–Kier alpha value is -2.05. The lowest BCUT2D eigenvalue weighted by Gasteiger charge is -2.19. The lowest BCUT2D eigenvalue weighted by molar-refractivity contribution is -0.146. The molecule has 0 saturated heterocycles. The Labute approximate surface area is 105 Å². The van der Waals surface area contributed by atoms with Gasteiger partial charge in [-0.1, -0.05) is 0 Å². The van der Waals surface area contributed by atoms with Gasteiger partial charge in [-0.15, -0.1) is 0 Å². The van der Waals surface area contributed by atoms with E-state index >= 15 is 0 Å². The number of hydrogen-bond acceptors (Lipinski definition) is 3. The number of rotatable bonds is 6. The van der Waals surface area contributed by atoms with Crippen LogP contribution in [0.1, 0.15) is 13.8 Å². The number of imidazole rings is 1. The topological polar surface area (TPSA) is 96.3 Å². The lowest BCUT2D eigenvalue weighted by atomic mass is 9.94. The molecule has 7 heteroatoms. The highest BCUT2D eigenvalue weighted by molar-refractivity contribution is 5.77. The van der Waals surface area contributed by atoms with E-state index in [0.29, 0.717) is 13.1 Å². The third-order valence-electron chi connectivity index (χ3n) is 2.48. The van der Waals surface area contributed by atoms with Gasteiger partial charge in [0.05, 0.1) is 11.7 Å². The van der Waals surface area contributed by atoms with Crippen LogP contribution in [0.25, 0.3) is 0 Å². The first kappa shape index (κ1) is 14.0. The Balaban J connectivity index is 2.20. The van der Waals surface area contributed by atoms with Crippen LogP contribution in [0.5, 0.6) is 0 Å². The molecule has 0 spiro atoms. The number of carboxylic acid groups (broad SMARTS) is 1. The summed E-state index contributed by atoms with van der Waals surface area (Å²) in [6.45, 7) is 4.27. The molecule has 0 bridgehead atoms. The minimum atomic E-state index is -0.971. The second-order valence-corrected chi connectivity index (χ2v) is 4.60. The van der Waals surface area contributed by atoms with Gasteiger partial charge in [-0.05, 0) is 13.8 Å². The van der Waals surface area contributed by atoms with Gasteiger partial charge in [-0.25, -0.2) is 9.78 Å². The van der Waals surface area contributed by atoms with Gasteiger partial charge in [0.1, 0.15) is 0 Å². The summed E-state index contributed by atoms with van der Waals surface area (Å²) in [5, 5.41) is 14.0. The Morgan fingerprint density at radius 3 is 2.67 bits per heavy atom. The number of hydrogen-bond donors (Lipinski definition) is 3. The molecule has 1 heterocycles. The molecule has 0 atom stereocenters. The Kier molecular flexibility index (Phi) is 4.70. The maximum absolute atomic E-state index is 11.4. The van der Waals surface area contributed by atoms with Gasteiger partial charge < -0.3 is 20.3 Å². The molecule has 1 aromatic heterocycles. The highest BCUT2D eigenvalue weighted by Crippen LogP contribution is 2.12. The zero-order chi connectivity index (χ0) is 13.6. The van der Waals surface area contributed by atoms with E-state index < -0.39 is 11.4 Å². The summed E-state index contributed by atoms with van der Waals surface area (Å²) in [5.74, 6) is -0.943. The molecular weight excluding hydrogens is 236 g/mol. The summed E-state index contributed by atoms with van der Waals surface area (Å²) < 4.78 is 1.83. The van der Waals surface area contributed by atoms with E-state index in [0.717, 1.165) is 0 Å². The van der Waals surface area contributed by atoms with Crippen LogP contribution in [0.2, 0.25) is 0 Å². The van der Waals surface area contributed by atoms with Crippen molar-refractivity contribution in [1.29, 1.82) is 0 Å². The first-order valence-corrected chi connectivity index (χ1v) is 5.62. The van der Waals surface area contributed by atoms with Crippen molar-refractivity contribution < 1.29 is 14.7 Å². The highest BCUT2D eigenvalue weighted by atomic mass is 16.4. The van der Waals surface area contributed by atoms with E-state index in [1.807, 2.05) is 4.57 Å². The summed E-state index contributed by atoms with van der Waals surface area (Å²) >= 11 is 0. The average molecular weight is 254 g/mol. The molecule has 100 valence electrons. The largest absolute Gasteiger partial charge is 0.481 e. The quantitative estimate of drug-likeness (QED) is 0.680. The van der Waals surface area contributed by atoms with Crippen molar-refractivity contribution >= 4 is 12.0 Å². The van der Waals surface area contributed by atoms with Gasteiger partial charge in [-0.3, -0.25) is 4.79 Å². The smallest absolute Gasteiger partial charge is 0.314 e. The van der Waals surface area contributed by atoms with Gasteiger partial charge >= 0.3 is 12.0 Å². The maximum atomic E-state index is 11.4. The van der Waals surface area contributed by atoms with Crippen LogP contribution in [-0.2, 0) is 11.3 Å². The third-order valence-corrected chi connectivity index (χ3v) is 2.48. The fourth-order valence-electron chi connectivity index (χ4n) is 1.16. The third kappa shape index (κ3) is 4.44. The predicted octanol–water partition coefficient (Wildman–Crippen LogP) is 0.293. The van der Waals surface area contributed by atoms with Crippen molar-refractivity contribution in [2.45, 2.75) is 20.4 Å². The van der Waals surface area contributed by atoms with E-state index in [-0.39, 0.29) is 12.6 Å². The second-order valence-electron chi connectivity index (χ2n) is 4.60. The van der Waals surface area contributed by atoms with E-state index in [4.69, 9.17) is 5.11 Å². The first-order chi connectivity index (χ1) is 8.42. The molecule has 0 unspecified atom stereocenters. The van der Waals surface area contributed by atoms with Crippen molar-refractivity contribution in [3.63, 3.8) is 0 Å². The van der Waals surface area contributed by atoms with Crippen molar-refractivity contribution in [2.24, 2.45) is 5.41 Å². The van der Waals surface area contributed by atoms with Crippen LogP contribution in [0.15, 0.2) is 18.7 Å². The zero-order valence-corrected chi connectivity index (χ0v) is 10.5. The molecule has 0 aliphatic heterocycles. The zero-order valence-electron chi connectivity index (χ0n) is 10.5. The monoisotopic (exact) mass is 254 g/mol. The Bertz CT molecular complexity index is 400. The molecule has 0 aliphatic carbocycles. The van der Waals surface area contributed by atoms with Gasteiger partial charge in [0.2, 0.25) is 0 Å². The molecular formula is C11H18N4O3. The predicted molar refractivity (Wildman–Crippen MR) is 65.0 cm³/mol. The molecule has 0 radical (unpaired) electrons. The number of nitrogens with one attached hydrogen (secondary N) is 2. The van der Waals surface area contributed by atoms with Gasteiger partial charge in [0.25, 0.3) is 0 Å². The number of aliphatic carboxylic acids is 1. The van der Waals surface area contributed by atoms with Gasteiger partial charge in [0.15, 0.2) is 0 Å². The number of carbonyl (C=O) groups is 2. The van der Waals surface area contributed by atoms with Crippen LogP contribution in [0.3, 0.4) is 0 Å². The SMILES string of the molecule is CC(C)(CNC(=O)NCCn1ccnc1)C(=O)O. The molecule has 0 aliphatic rings. The van der Waals surface area contributed by atoms with Crippen LogP contribution in [-0.4, -0.2) is 39.7 Å². The summed E-state index contributed by atoms with van der Waals surface area (Å²) in [6.07, 6.45) is 5.12. The summed E-state index contributed by atoms with van der Waals surface area (Å²) in [6, 6.07) is -0.371. The number of urea groups is 1. The normalized spacial score (nSPS) is 11.0. The fourth-order valence-corrected chi connectivity index (χ4v) is 1.16. The number of amides is 2. The molecule has 0 fully saturated rings. The van der Waals surface area contributed by atoms with E-state index in [2.05, 4.69) is 15.6 Å². The maximum Gasteiger partial charge on any atom is 0.314 e.